The van der Waals surface area contributed by atoms with Crippen LogP contribution in [0.3, 0.4) is 0 Å². The number of urea groups is 1. The Morgan fingerprint density at radius 3 is 2.69 bits per heavy atom. The maximum Gasteiger partial charge on any atom is 0.322 e. The van der Waals surface area contributed by atoms with Gasteiger partial charge in [0.1, 0.15) is 5.54 Å². The summed E-state index contributed by atoms with van der Waals surface area (Å²) in [5.41, 5.74) is 0.420. The summed E-state index contributed by atoms with van der Waals surface area (Å²) in [6.07, 6.45) is 1.68. The number of carbonyl (C=O) groups excluding carboxylic acids is 2. The van der Waals surface area contributed by atoms with E-state index in [9.17, 15) is 9.59 Å². The quantitative estimate of drug-likeness (QED) is 0.261. The van der Waals surface area contributed by atoms with Gasteiger partial charge >= 0.3 is 6.03 Å². The van der Waals surface area contributed by atoms with E-state index in [1.54, 1.807) is 11.3 Å². The average molecular weight is 491 g/mol. The molecule has 3 amide bonds. The smallest absolute Gasteiger partial charge is 0.322 e. The molecule has 9 heteroatoms. The molecule has 2 aliphatic heterocycles. The van der Waals surface area contributed by atoms with E-state index in [1.165, 1.54) is 5.56 Å². The molecule has 2 aliphatic rings. The number of imide groups is 1. The van der Waals surface area contributed by atoms with E-state index in [1.807, 2.05) is 6.92 Å². The largest absolute Gasteiger partial charge is 0.357 e. The number of nitrogens with one attached hydrogen (secondary N) is 3. The van der Waals surface area contributed by atoms with Gasteiger partial charge in [0.25, 0.3) is 5.91 Å². The van der Waals surface area contributed by atoms with Crippen LogP contribution in [0.2, 0.25) is 0 Å². The lowest BCUT2D eigenvalue weighted by Crippen LogP contribution is -2.55. The summed E-state index contributed by atoms with van der Waals surface area (Å²) >= 11 is 1.68. The fourth-order valence-corrected chi connectivity index (χ4v) is 4.15. The maximum absolute atomic E-state index is 12.1. The molecular weight excluding hydrogens is 465 g/mol. The molecule has 7 nitrogen and oxygen atoms in total. The number of hydrogen-bond acceptors (Lipinski definition) is 4. The normalized spacial score (nSPS) is 24.1. The number of piperidine rings is 1. The highest BCUT2D eigenvalue weighted by Crippen LogP contribution is 2.30. The number of halogens is 1. The van der Waals surface area contributed by atoms with Crippen LogP contribution in [-0.4, -0.2) is 48.0 Å². The first-order valence-corrected chi connectivity index (χ1v) is 9.65. The van der Waals surface area contributed by atoms with Crippen LogP contribution < -0.4 is 16.0 Å². The standard InChI is InChI=1S/C17H25N5O2S.HI/c1-3-18-15(19-10-12-6-9-25-11-12)22-7-4-13(5-8-22)17(2)14(23)20-16(24)21-17;/h6,9,11,13H,3-5,7-8,10H2,1-2H3,(H,18,19)(H2,20,21,23,24);1H. The van der Waals surface area contributed by atoms with Crippen molar-refractivity contribution in [1.82, 2.24) is 20.9 Å². The van der Waals surface area contributed by atoms with E-state index in [4.69, 9.17) is 4.99 Å². The molecule has 3 heterocycles. The van der Waals surface area contributed by atoms with Crippen molar-refractivity contribution in [2.75, 3.05) is 19.6 Å². The van der Waals surface area contributed by atoms with Gasteiger partial charge in [-0.05, 0) is 55.0 Å². The van der Waals surface area contributed by atoms with Crippen molar-refractivity contribution >= 4 is 53.2 Å². The predicted octanol–water partition coefficient (Wildman–Crippen LogP) is 2.14. The molecule has 3 N–H and O–H groups in total. The highest BCUT2D eigenvalue weighted by Gasteiger charge is 2.48. The van der Waals surface area contributed by atoms with E-state index in [-0.39, 0.29) is 41.8 Å². The Labute approximate surface area is 175 Å². The number of carbonyl (C=O) groups is 2. The fraction of sp³-hybridized carbons (Fsp3) is 0.588. The summed E-state index contributed by atoms with van der Waals surface area (Å²) in [6, 6.07) is 1.70. The Kier molecular flexibility index (Phi) is 7.27. The van der Waals surface area contributed by atoms with Crippen molar-refractivity contribution in [2.45, 2.75) is 38.8 Å². The molecule has 1 aromatic rings. The number of guanidine groups is 1. The third-order valence-corrected chi connectivity index (χ3v) is 5.74. The average Bonchev–Trinajstić information content (AvgIpc) is 3.20. The molecule has 26 heavy (non-hydrogen) atoms. The fourth-order valence-electron chi connectivity index (χ4n) is 3.49. The minimum absolute atomic E-state index is 0. The monoisotopic (exact) mass is 491 g/mol. The molecule has 144 valence electrons. The van der Waals surface area contributed by atoms with Gasteiger partial charge in [-0.1, -0.05) is 0 Å². The zero-order chi connectivity index (χ0) is 17.9. The van der Waals surface area contributed by atoms with Gasteiger partial charge in [-0.3, -0.25) is 10.1 Å². The van der Waals surface area contributed by atoms with E-state index >= 15 is 0 Å². The predicted molar refractivity (Wildman–Crippen MR) is 114 cm³/mol. The van der Waals surface area contributed by atoms with Gasteiger partial charge < -0.3 is 15.5 Å². The SMILES string of the molecule is CCNC(=NCc1ccsc1)N1CCC(C2(C)NC(=O)NC2=O)CC1.I. The van der Waals surface area contributed by atoms with Gasteiger partial charge in [0.2, 0.25) is 0 Å². The lowest BCUT2D eigenvalue weighted by molar-refractivity contribution is -0.125. The second-order valence-corrected chi connectivity index (χ2v) is 7.45. The zero-order valence-electron chi connectivity index (χ0n) is 15.1. The highest BCUT2D eigenvalue weighted by atomic mass is 127. The number of aliphatic imine (C=N–C) groups is 1. The first-order chi connectivity index (χ1) is 12.0. The number of hydrogen-bond donors (Lipinski definition) is 3. The van der Waals surface area contributed by atoms with E-state index in [2.05, 4.69) is 44.6 Å². The molecule has 0 bridgehead atoms. The topological polar surface area (TPSA) is 85.8 Å². The van der Waals surface area contributed by atoms with Gasteiger partial charge in [-0.25, -0.2) is 9.79 Å². The van der Waals surface area contributed by atoms with Crippen molar-refractivity contribution in [3.8, 4) is 0 Å². The van der Waals surface area contributed by atoms with Crippen LogP contribution >= 0.6 is 35.3 Å². The van der Waals surface area contributed by atoms with Crippen LogP contribution in [0.1, 0.15) is 32.3 Å². The van der Waals surface area contributed by atoms with E-state index in [0.29, 0.717) is 6.54 Å². The first kappa shape index (κ1) is 20.9. The Bertz CT molecular complexity index is 658. The molecule has 0 aromatic carbocycles. The van der Waals surface area contributed by atoms with Gasteiger partial charge in [-0.15, -0.1) is 24.0 Å². The van der Waals surface area contributed by atoms with E-state index in [0.717, 1.165) is 38.4 Å². The van der Waals surface area contributed by atoms with Crippen LogP contribution in [0.15, 0.2) is 21.8 Å². The minimum atomic E-state index is -0.796. The molecule has 1 atom stereocenters. The summed E-state index contributed by atoms with van der Waals surface area (Å²) in [6.45, 7) is 7.01. The molecule has 0 aliphatic carbocycles. The second-order valence-electron chi connectivity index (χ2n) is 6.67. The molecule has 0 spiro atoms. The van der Waals surface area contributed by atoms with Crippen LogP contribution in [0, 0.1) is 5.92 Å². The van der Waals surface area contributed by atoms with Crippen LogP contribution in [0.5, 0.6) is 0 Å². The number of nitrogens with zero attached hydrogens (tertiary/aromatic N) is 2. The van der Waals surface area contributed by atoms with Gasteiger partial charge in [0.15, 0.2) is 5.96 Å². The van der Waals surface area contributed by atoms with Crippen molar-refractivity contribution in [1.29, 1.82) is 0 Å². The summed E-state index contributed by atoms with van der Waals surface area (Å²) < 4.78 is 0. The Morgan fingerprint density at radius 1 is 1.42 bits per heavy atom. The van der Waals surface area contributed by atoms with Crippen molar-refractivity contribution in [3.05, 3.63) is 22.4 Å². The molecule has 1 unspecified atom stereocenters. The summed E-state index contributed by atoms with van der Waals surface area (Å²) in [7, 11) is 0. The third kappa shape index (κ3) is 4.48. The van der Waals surface area contributed by atoms with Crippen LogP contribution in [0.25, 0.3) is 0 Å². The molecule has 1 aromatic heterocycles. The number of amides is 3. The molecule has 0 saturated carbocycles. The van der Waals surface area contributed by atoms with Gasteiger partial charge in [-0.2, -0.15) is 11.3 Å². The van der Waals surface area contributed by atoms with Gasteiger partial charge in [0, 0.05) is 19.6 Å². The van der Waals surface area contributed by atoms with Crippen molar-refractivity contribution in [2.24, 2.45) is 10.9 Å². The van der Waals surface area contributed by atoms with E-state index < -0.39 is 5.54 Å². The number of likely N-dealkylation sites (tertiary alicyclic amines) is 1. The molecule has 0 radical (unpaired) electrons. The number of rotatable bonds is 4. The van der Waals surface area contributed by atoms with Crippen molar-refractivity contribution < 1.29 is 9.59 Å². The lowest BCUT2D eigenvalue weighted by atomic mass is 9.79. The van der Waals surface area contributed by atoms with Crippen LogP contribution in [0.4, 0.5) is 4.79 Å². The first-order valence-electron chi connectivity index (χ1n) is 8.71. The molecule has 2 fully saturated rings. The Morgan fingerprint density at radius 2 is 2.15 bits per heavy atom. The summed E-state index contributed by atoms with van der Waals surface area (Å²) in [5.74, 6) is 0.834. The Hall–Kier alpha value is -1.36. The minimum Gasteiger partial charge on any atom is -0.357 e. The second kappa shape index (κ2) is 9.03. The molecule has 2 saturated heterocycles. The maximum atomic E-state index is 12.1. The lowest BCUT2D eigenvalue weighted by Gasteiger charge is -2.39. The Balaban J connectivity index is 0.00000243. The van der Waals surface area contributed by atoms with Crippen LogP contribution in [-0.2, 0) is 11.3 Å². The highest BCUT2D eigenvalue weighted by molar-refractivity contribution is 14.0. The summed E-state index contributed by atoms with van der Waals surface area (Å²) in [4.78, 5) is 30.6. The van der Waals surface area contributed by atoms with Crippen molar-refractivity contribution in [3.63, 3.8) is 0 Å². The number of thiophene rings is 1. The van der Waals surface area contributed by atoms with Gasteiger partial charge in [0.05, 0.1) is 6.54 Å². The molecule has 3 rings (SSSR count). The summed E-state index contributed by atoms with van der Waals surface area (Å²) in [5, 5.41) is 12.7. The third-order valence-electron chi connectivity index (χ3n) is 5.01. The molecular formula is C17H26IN5O2S. The zero-order valence-corrected chi connectivity index (χ0v) is 18.2.